The van der Waals surface area contributed by atoms with Gasteiger partial charge in [-0.2, -0.15) is 0 Å². The SMILES string of the molecule is OC[C@@H]1O[C@H](O)[C@H](O)[C@@H](O)[C@@H]1O. The van der Waals surface area contributed by atoms with Crippen LogP contribution in [0.15, 0.2) is 0 Å². The van der Waals surface area contributed by atoms with Gasteiger partial charge in [-0.1, -0.05) is 0 Å². The zero-order chi connectivity index (χ0) is 9.30. The zero-order valence-corrected chi connectivity index (χ0v) is 6.24. The third-order valence-corrected chi connectivity index (χ3v) is 1.87. The summed E-state index contributed by atoms with van der Waals surface area (Å²) < 4.78 is 4.58. The highest BCUT2D eigenvalue weighted by Crippen LogP contribution is 2.18. The van der Waals surface area contributed by atoms with Crippen molar-refractivity contribution in [3.05, 3.63) is 0 Å². The average Bonchev–Trinajstić information content (AvgIpc) is 2.08. The lowest BCUT2D eigenvalue weighted by Gasteiger charge is -2.37. The van der Waals surface area contributed by atoms with Crippen LogP contribution in [0.4, 0.5) is 0 Å². The smallest absolute Gasteiger partial charge is 0.184 e. The largest absolute Gasteiger partial charge is 0.394 e. The number of hydrogen-bond donors (Lipinski definition) is 5. The average molecular weight is 180 g/mol. The molecule has 72 valence electrons. The first kappa shape index (κ1) is 9.85. The highest BCUT2D eigenvalue weighted by molar-refractivity contribution is 4.87. The number of ether oxygens (including phenoxy) is 1. The molecule has 1 rings (SSSR count). The van der Waals surface area contributed by atoms with E-state index in [1.165, 1.54) is 0 Å². The Morgan fingerprint density at radius 3 is 2.00 bits per heavy atom. The second kappa shape index (κ2) is 3.65. The van der Waals surface area contributed by atoms with Gasteiger partial charge in [0.1, 0.15) is 24.4 Å². The van der Waals surface area contributed by atoms with Crippen LogP contribution >= 0.6 is 0 Å². The molecule has 6 nitrogen and oxygen atoms in total. The number of hydrogen-bond acceptors (Lipinski definition) is 6. The van der Waals surface area contributed by atoms with Crippen molar-refractivity contribution in [1.29, 1.82) is 0 Å². The van der Waals surface area contributed by atoms with E-state index in [0.717, 1.165) is 0 Å². The van der Waals surface area contributed by atoms with Crippen LogP contribution in [0.25, 0.3) is 0 Å². The summed E-state index contributed by atoms with van der Waals surface area (Å²) in [5.74, 6) is 0. The van der Waals surface area contributed by atoms with Gasteiger partial charge in [0, 0.05) is 0 Å². The van der Waals surface area contributed by atoms with Crippen molar-refractivity contribution in [2.45, 2.75) is 30.7 Å². The third-order valence-electron chi connectivity index (χ3n) is 1.87. The normalized spacial score (nSPS) is 49.2. The van der Waals surface area contributed by atoms with Crippen LogP contribution in [0, 0.1) is 0 Å². The van der Waals surface area contributed by atoms with Crippen LogP contribution in [0.3, 0.4) is 0 Å². The zero-order valence-electron chi connectivity index (χ0n) is 6.24. The van der Waals surface area contributed by atoms with Crippen LogP contribution in [-0.2, 0) is 4.74 Å². The fourth-order valence-electron chi connectivity index (χ4n) is 1.08. The molecule has 1 heterocycles. The Labute approximate surface area is 68.6 Å². The lowest BCUT2D eigenvalue weighted by molar-refractivity contribution is -0.286. The predicted octanol–water partition coefficient (Wildman–Crippen LogP) is -3.22. The summed E-state index contributed by atoms with van der Waals surface area (Å²) in [5, 5.41) is 44.7. The van der Waals surface area contributed by atoms with Gasteiger partial charge < -0.3 is 30.3 Å². The number of aliphatic hydroxyl groups excluding tert-OH is 5. The van der Waals surface area contributed by atoms with Crippen molar-refractivity contribution >= 4 is 0 Å². The monoisotopic (exact) mass is 180 g/mol. The maximum absolute atomic E-state index is 9.12. The molecule has 0 aromatic rings. The van der Waals surface area contributed by atoms with Crippen LogP contribution in [-0.4, -0.2) is 62.8 Å². The van der Waals surface area contributed by atoms with Crippen LogP contribution < -0.4 is 0 Å². The summed E-state index contributed by atoms with van der Waals surface area (Å²) in [6.07, 6.45) is -7.04. The molecule has 0 saturated carbocycles. The standard InChI is InChI=1S/C6H12O6/c7-1-2-3(8)4(9)5(10)6(11)12-2/h2-11H,1H2/t2-,3+,4-,5+,6-/m0/s1. The minimum atomic E-state index is -1.57. The quantitative estimate of drug-likeness (QED) is 0.290. The van der Waals surface area contributed by atoms with E-state index < -0.39 is 37.3 Å². The molecular formula is C6H12O6. The van der Waals surface area contributed by atoms with Crippen molar-refractivity contribution in [3.63, 3.8) is 0 Å². The lowest BCUT2D eigenvalue weighted by Crippen LogP contribution is -2.58. The molecule has 12 heavy (non-hydrogen) atoms. The summed E-state index contributed by atoms with van der Waals surface area (Å²) in [6, 6.07) is 0. The van der Waals surface area contributed by atoms with Gasteiger partial charge in [-0.05, 0) is 0 Å². The van der Waals surface area contributed by atoms with Crippen LogP contribution in [0.5, 0.6) is 0 Å². The molecule has 0 radical (unpaired) electrons. The maximum atomic E-state index is 9.12. The van der Waals surface area contributed by atoms with Gasteiger partial charge in [0.2, 0.25) is 0 Å². The first-order valence-corrected chi connectivity index (χ1v) is 3.56. The molecule has 5 N–H and O–H groups in total. The Kier molecular flexibility index (Phi) is 2.99. The van der Waals surface area contributed by atoms with Crippen LogP contribution in [0.2, 0.25) is 0 Å². The highest BCUT2D eigenvalue weighted by atomic mass is 16.6. The van der Waals surface area contributed by atoms with Gasteiger partial charge in [-0.15, -0.1) is 0 Å². The molecule has 0 unspecified atom stereocenters. The summed E-state index contributed by atoms with van der Waals surface area (Å²) in [7, 11) is 0. The summed E-state index contributed by atoms with van der Waals surface area (Å²) >= 11 is 0. The van der Waals surface area contributed by atoms with E-state index in [4.69, 9.17) is 25.5 Å². The molecule has 1 saturated heterocycles. The fraction of sp³-hybridized carbons (Fsp3) is 1.00. The maximum Gasteiger partial charge on any atom is 0.184 e. The third kappa shape index (κ3) is 1.58. The van der Waals surface area contributed by atoms with E-state index in [9.17, 15) is 0 Å². The Morgan fingerprint density at radius 2 is 1.50 bits per heavy atom. The van der Waals surface area contributed by atoms with Gasteiger partial charge in [0.15, 0.2) is 6.29 Å². The van der Waals surface area contributed by atoms with Gasteiger partial charge in [0.05, 0.1) is 6.61 Å². The van der Waals surface area contributed by atoms with Crippen molar-refractivity contribution < 1.29 is 30.3 Å². The summed E-state index contributed by atoms with van der Waals surface area (Å²) in [4.78, 5) is 0. The van der Waals surface area contributed by atoms with Gasteiger partial charge in [-0.3, -0.25) is 0 Å². The van der Waals surface area contributed by atoms with Crippen molar-refractivity contribution in [2.24, 2.45) is 0 Å². The van der Waals surface area contributed by atoms with E-state index in [-0.39, 0.29) is 0 Å². The molecule has 0 aromatic carbocycles. The van der Waals surface area contributed by atoms with Crippen molar-refractivity contribution in [2.75, 3.05) is 6.61 Å². The molecule has 0 aliphatic carbocycles. The van der Waals surface area contributed by atoms with Crippen molar-refractivity contribution in [1.82, 2.24) is 0 Å². The molecule has 0 amide bonds. The molecule has 6 heteroatoms. The molecule has 0 spiro atoms. The summed E-state index contributed by atoms with van der Waals surface area (Å²) in [6.45, 7) is -0.526. The molecular weight excluding hydrogens is 168 g/mol. The van der Waals surface area contributed by atoms with Crippen molar-refractivity contribution in [3.8, 4) is 0 Å². The number of rotatable bonds is 1. The molecule has 0 aromatic heterocycles. The Morgan fingerprint density at radius 1 is 0.917 bits per heavy atom. The Hall–Kier alpha value is -0.240. The van der Waals surface area contributed by atoms with Gasteiger partial charge >= 0.3 is 0 Å². The molecule has 1 fully saturated rings. The minimum absolute atomic E-state index is 0.526. The van der Waals surface area contributed by atoms with Gasteiger partial charge in [0.25, 0.3) is 0 Å². The minimum Gasteiger partial charge on any atom is -0.394 e. The molecule has 5 atom stereocenters. The topological polar surface area (TPSA) is 110 Å². The van der Waals surface area contributed by atoms with E-state index >= 15 is 0 Å². The van der Waals surface area contributed by atoms with Gasteiger partial charge in [-0.25, -0.2) is 0 Å². The first-order chi connectivity index (χ1) is 5.57. The molecule has 0 bridgehead atoms. The first-order valence-electron chi connectivity index (χ1n) is 3.56. The highest BCUT2D eigenvalue weighted by Gasteiger charge is 2.42. The molecule has 1 aliphatic heterocycles. The lowest BCUT2D eigenvalue weighted by atomic mass is 10.00. The van der Waals surface area contributed by atoms with E-state index in [2.05, 4.69) is 4.74 Å². The predicted molar refractivity (Wildman–Crippen MR) is 36.0 cm³/mol. The second-order valence-electron chi connectivity index (χ2n) is 2.72. The van der Waals surface area contributed by atoms with E-state index in [1.54, 1.807) is 0 Å². The van der Waals surface area contributed by atoms with E-state index in [0.29, 0.717) is 0 Å². The fourth-order valence-corrected chi connectivity index (χ4v) is 1.08. The second-order valence-corrected chi connectivity index (χ2v) is 2.72. The van der Waals surface area contributed by atoms with E-state index in [1.807, 2.05) is 0 Å². The molecule has 1 aliphatic rings. The summed E-state index contributed by atoms with van der Waals surface area (Å²) in [5.41, 5.74) is 0. The Bertz CT molecular complexity index is 146. The van der Waals surface area contributed by atoms with Crippen LogP contribution in [0.1, 0.15) is 0 Å². The number of aliphatic hydroxyl groups is 5. The Balaban J connectivity index is 2.63.